The molecule has 2 amide bonds. The first-order chi connectivity index (χ1) is 16.4. The maximum Gasteiger partial charge on any atom is 0.410 e. The molecule has 180 valence electrons. The highest BCUT2D eigenvalue weighted by atomic mass is 19.1. The fourth-order valence-corrected chi connectivity index (χ4v) is 4.05. The Morgan fingerprint density at radius 3 is 2.44 bits per heavy atom. The van der Waals surface area contributed by atoms with Crippen LogP contribution in [0, 0.1) is 5.82 Å². The quantitative estimate of drug-likeness (QED) is 0.616. The lowest BCUT2D eigenvalue weighted by atomic mass is 10.1. The molecule has 2 aromatic carbocycles. The van der Waals surface area contributed by atoms with Crippen LogP contribution in [0.25, 0.3) is 0 Å². The van der Waals surface area contributed by atoms with Gasteiger partial charge in [-0.1, -0.05) is 30.3 Å². The average Bonchev–Trinajstić information content (AvgIpc) is 3.31. The minimum atomic E-state index is -0.984. The summed E-state index contributed by atoms with van der Waals surface area (Å²) >= 11 is 0. The molecule has 2 aliphatic rings. The molecule has 9 nitrogen and oxygen atoms in total. The van der Waals surface area contributed by atoms with Gasteiger partial charge in [-0.25, -0.2) is 9.18 Å². The number of Topliss-reactive ketones (excluding diaryl/α,β-unsaturated/α-hetero) is 1. The number of carbonyl (C=O) groups is 3. The summed E-state index contributed by atoms with van der Waals surface area (Å²) < 4.78 is 25.8. The third-order valence-electron chi connectivity index (χ3n) is 5.96. The number of carbonyl (C=O) groups excluding carboxylic acids is 3. The Kier molecular flexibility index (Phi) is 7.27. The van der Waals surface area contributed by atoms with Crippen LogP contribution in [0.2, 0.25) is 0 Å². The molecule has 0 radical (unpaired) electrons. The van der Waals surface area contributed by atoms with E-state index in [0.29, 0.717) is 44.1 Å². The van der Waals surface area contributed by atoms with Crippen molar-refractivity contribution in [3.63, 3.8) is 0 Å². The number of ether oxygens (including phenoxy) is 2. The fourth-order valence-electron chi connectivity index (χ4n) is 4.05. The van der Waals surface area contributed by atoms with Crippen molar-refractivity contribution in [1.29, 1.82) is 0 Å². The van der Waals surface area contributed by atoms with E-state index in [2.05, 4.69) is 0 Å². The molecule has 0 aliphatic carbocycles. The Balaban J connectivity index is 1.28. The summed E-state index contributed by atoms with van der Waals surface area (Å²) in [5.41, 5.74) is 7.00. The van der Waals surface area contributed by atoms with Crippen LogP contribution in [0.4, 0.5) is 20.6 Å². The van der Waals surface area contributed by atoms with Gasteiger partial charge in [-0.2, -0.15) is 0 Å². The third-order valence-corrected chi connectivity index (χ3v) is 5.96. The maximum absolute atomic E-state index is 14.9. The molecule has 4 rings (SSSR count). The first-order valence-corrected chi connectivity index (χ1v) is 11.1. The zero-order valence-electron chi connectivity index (χ0n) is 18.7. The van der Waals surface area contributed by atoms with Gasteiger partial charge in [0.2, 0.25) is 5.78 Å². The Morgan fingerprint density at radius 1 is 1.03 bits per heavy atom. The van der Waals surface area contributed by atoms with Crippen molar-refractivity contribution in [1.82, 2.24) is 4.90 Å². The molecule has 2 heterocycles. The molecule has 2 fully saturated rings. The molecular formula is C24H27FN4O5. The van der Waals surface area contributed by atoms with Crippen molar-refractivity contribution in [2.45, 2.75) is 19.1 Å². The molecule has 1 atom stereocenters. The molecule has 2 aromatic rings. The zero-order valence-corrected chi connectivity index (χ0v) is 18.7. The summed E-state index contributed by atoms with van der Waals surface area (Å²) in [5, 5.41) is 0. The van der Waals surface area contributed by atoms with Gasteiger partial charge in [-0.3, -0.25) is 9.59 Å². The molecule has 0 spiro atoms. The number of nitrogens with two attached hydrogens (primary N) is 1. The van der Waals surface area contributed by atoms with E-state index in [-0.39, 0.29) is 31.7 Å². The monoisotopic (exact) mass is 470 g/mol. The molecule has 2 N–H and O–H groups in total. The lowest BCUT2D eigenvalue weighted by molar-refractivity contribution is -0.137. The molecule has 0 bridgehead atoms. The number of nitrogens with zero attached hydrogens (tertiary/aromatic N) is 3. The summed E-state index contributed by atoms with van der Waals surface area (Å²) in [4.78, 5) is 40.1. The molecule has 1 unspecified atom stereocenters. The van der Waals surface area contributed by atoms with Crippen molar-refractivity contribution in [3.8, 4) is 0 Å². The Morgan fingerprint density at radius 2 is 1.76 bits per heavy atom. The summed E-state index contributed by atoms with van der Waals surface area (Å²) in [6.45, 7) is 2.62. The minimum Gasteiger partial charge on any atom is -0.445 e. The molecular weight excluding hydrogens is 443 g/mol. The molecule has 10 heteroatoms. The van der Waals surface area contributed by atoms with Gasteiger partial charge in [0.25, 0.3) is 5.91 Å². The largest absolute Gasteiger partial charge is 0.445 e. The Labute approximate surface area is 196 Å². The van der Waals surface area contributed by atoms with Gasteiger partial charge in [0.05, 0.1) is 11.8 Å². The van der Waals surface area contributed by atoms with E-state index in [1.165, 1.54) is 6.07 Å². The van der Waals surface area contributed by atoms with E-state index in [9.17, 15) is 18.8 Å². The molecule has 2 aliphatic heterocycles. The van der Waals surface area contributed by atoms with Crippen molar-refractivity contribution in [2.24, 2.45) is 5.73 Å². The standard InChI is InChI=1S/C24H27FN4O5/c25-20-12-18(29-14-19(34-16-29)13-22(30)23(26)31)6-7-21(20)27-8-10-28(11-9-27)24(32)33-15-17-4-2-1-3-5-17/h1-7,12,19H,8-11,13-16H2,(H2,26,31). The number of ketones is 1. The van der Waals surface area contributed by atoms with Gasteiger partial charge in [-0.15, -0.1) is 0 Å². The lowest BCUT2D eigenvalue weighted by Gasteiger charge is -2.35. The number of hydrogen-bond donors (Lipinski definition) is 1. The highest BCUT2D eigenvalue weighted by molar-refractivity contribution is 6.35. The number of anilines is 2. The number of primary amides is 1. The molecule has 34 heavy (non-hydrogen) atoms. The average molecular weight is 471 g/mol. The van der Waals surface area contributed by atoms with Gasteiger partial charge in [0.1, 0.15) is 19.2 Å². The normalized spacial score (nSPS) is 18.1. The van der Waals surface area contributed by atoms with Crippen LogP contribution in [-0.2, 0) is 25.7 Å². The number of amides is 2. The smallest absolute Gasteiger partial charge is 0.410 e. The minimum absolute atomic E-state index is 0.0928. The van der Waals surface area contributed by atoms with Gasteiger partial charge in [-0.05, 0) is 23.8 Å². The van der Waals surface area contributed by atoms with E-state index >= 15 is 0 Å². The number of piperazine rings is 1. The highest BCUT2D eigenvalue weighted by Gasteiger charge is 2.28. The fraction of sp³-hybridized carbons (Fsp3) is 0.375. The predicted octanol–water partition coefficient (Wildman–Crippen LogP) is 1.89. The predicted molar refractivity (Wildman–Crippen MR) is 123 cm³/mol. The van der Waals surface area contributed by atoms with Gasteiger partial charge >= 0.3 is 6.09 Å². The number of hydrogen-bond acceptors (Lipinski definition) is 7. The van der Waals surface area contributed by atoms with Crippen LogP contribution in [0.5, 0.6) is 0 Å². The first kappa shape index (κ1) is 23.5. The Bertz CT molecular complexity index is 1040. The van der Waals surface area contributed by atoms with Crippen LogP contribution < -0.4 is 15.5 Å². The van der Waals surface area contributed by atoms with Gasteiger partial charge in [0.15, 0.2) is 0 Å². The van der Waals surface area contributed by atoms with Crippen molar-refractivity contribution < 1.29 is 28.2 Å². The summed E-state index contributed by atoms with van der Waals surface area (Å²) in [7, 11) is 0. The second-order valence-electron chi connectivity index (χ2n) is 8.28. The van der Waals surface area contributed by atoms with Crippen LogP contribution in [0.1, 0.15) is 12.0 Å². The number of benzene rings is 2. The van der Waals surface area contributed by atoms with Crippen molar-refractivity contribution in [3.05, 3.63) is 59.9 Å². The summed E-state index contributed by atoms with van der Waals surface area (Å²) in [6, 6.07) is 14.4. The maximum atomic E-state index is 14.9. The van der Waals surface area contributed by atoms with E-state index in [4.69, 9.17) is 15.2 Å². The van der Waals surface area contributed by atoms with Crippen LogP contribution in [0.15, 0.2) is 48.5 Å². The van der Waals surface area contributed by atoms with Crippen molar-refractivity contribution in [2.75, 3.05) is 49.3 Å². The SMILES string of the molecule is NC(=O)C(=O)CC1CN(c2ccc(N3CCN(C(=O)OCc4ccccc4)CC3)c(F)c2)CO1. The van der Waals surface area contributed by atoms with Gasteiger partial charge < -0.3 is 29.9 Å². The second kappa shape index (κ2) is 10.5. The molecule has 0 aromatic heterocycles. The Hall–Kier alpha value is -3.66. The van der Waals surface area contributed by atoms with Crippen LogP contribution >= 0.6 is 0 Å². The van der Waals surface area contributed by atoms with E-state index in [1.54, 1.807) is 21.9 Å². The lowest BCUT2D eigenvalue weighted by Crippen LogP contribution is -2.49. The summed E-state index contributed by atoms with van der Waals surface area (Å²) in [5.74, 6) is -2.05. The van der Waals surface area contributed by atoms with E-state index in [0.717, 1.165) is 5.56 Å². The van der Waals surface area contributed by atoms with Crippen molar-refractivity contribution >= 4 is 29.2 Å². The van der Waals surface area contributed by atoms with Crippen LogP contribution in [0.3, 0.4) is 0 Å². The van der Waals surface area contributed by atoms with Gasteiger partial charge in [0, 0.05) is 44.8 Å². The first-order valence-electron chi connectivity index (χ1n) is 11.1. The summed E-state index contributed by atoms with van der Waals surface area (Å²) in [6.07, 6.45) is -0.931. The molecule has 2 saturated heterocycles. The van der Waals surface area contributed by atoms with E-state index < -0.39 is 17.8 Å². The molecule has 0 saturated carbocycles. The topological polar surface area (TPSA) is 105 Å². The van der Waals surface area contributed by atoms with E-state index in [1.807, 2.05) is 35.2 Å². The zero-order chi connectivity index (χ0) is 24.1. The number of rotatable bonds is 7. The third kappa shape index (κ3) is 5.63. The van der Waals surface area contributed by atoms with Crippen LogP contribution in [-0.4, -0.2) is 68.2 Å². The number of halogens is 1. The highest BCUT2D eigenvalue weighted by Crippen LogP contribution is 2.28. The second-order valence-corrected chi connectivity index (χ2v) is 8.28.